The van der Waals surface area contributed by atoms with E-state index in [9.17, 15) is 0 Å². The molecule has 3 rings (SSSR count). The molecule has 0 atom stereocenters. The van der Waals surface area contributed by atoms with Crippen molar-refractivity contribution in [3.63, 3.8) is 0 Å². The van der Waals surface area contributed by atoms with E-state index in [1.807, 2.05) is 36.4 Å². The highest BCUT2D eigenvalue weighted by molar-refractivity contribution is 6.39. The number of nitrogens with one attached hydrogen (secondary N) is 1. The molecule has 1 aromatic heterocycles. The molecular formula is C15H11Cl2NO. The van der Waals surface area contributed by atoms with Crippen LogP contribution >= 0.6 is 23.2 Å². The van der Waals surface area contributed by atoms with E-state index in [0.717, 1.165) is 22.4 Å². The maximum absolute atomic E-state index is 6.10. The largest absolute Gasteiger partial charge is 0.459 e. The maximum atomic E-state index is 6.10. The van der Waals surface area contributed by atoms with E-state index in [1.165, 1.54) is 0 Å². The first kappa shape index (κ1) is 12.4. The molecule has 0 spiro atoms. The summed E-state index contributed by atoms with van der Waals surface area (Å²) < 4.78 is 5.72. The van der Waals surface area contributed by atoms with E-state index in [0.29, 0.717) is 16.6 Å². The van der Waals surface area contributed by atoms with Crippen molar-refractivity contribution < 1.29 is 4.42 Å². The first-order valence-corrected chi connectivity index (χ1v) is 6.65. The smallest absolute Gasteiger partial charge is 0.134 e. The van der Waals surface area contributed by atoms with Crippen molar-refractivity contribution >= 4 is 39.9 Å². The van der Waals surface area contributed by atoms with Gasteiger partial charge in [0.05, 0.1) is 22.3 Å². The molecule has 0 saturated carbocycles. The Balaban J connectivity index is 1.82. The lowest BCUT2D eigenvalue weighted by Crippen LogP contribution is -1.99. The van der Waals surface area contributed by atoms with Gasteiger partial charge in [-0.3, -0.25) is 0 Å². The van der Waals surface area contributed by atoms with Crippen molar-refractivity contribution in [2.75, 3.05) is 5.32 Å². The normalized spacial score (nSPS) is 10.8. The van der Waals surface area contributed by atoms with Gasteiger partial charge in [-0.2, -0.15) is 0 Å². The minimum absolute atomic E-state index is 0.540. The number of rotatable bonds is 3. The van der Waals surface area contributed by atoms with Gasteiger partial charge in [0.25, 0.3) is 0 Å². The Morgan fingerprint density at radius 1 is 0.947 bits per heavy atom. The number of hydrogen-bond donors (Lipinski definition) is 1. The van der Waals surface area contributed by atoms with E-state index in [4.69, 9.17) is 27.6 Å². The van der Waals surface area contributed by atoms with Crippen LogP contribution in [-0.4, -0.2) is 0 Å². The van der Waals surface area contributed by atoms with Crippen LogP contribution in [0.5, 0.6) is 0 Å². The average Bonchev–Trinajstić information content (AvgIpc) is 2.81. The van der Waals surface area contributed by atoms with E-state index in [-0.39, 0.29) is 0 Å². The van der Waals surface area contributed by atoms with Crippen molar-refractivity contribution in [3.05, 3.63) is 64.3 Å². The third-order valence-electron chi connectivity index (χ3n) is 2.88. The fourth-order valence-electron chi connectivity index (χ4n) is 1.97. The fraction of sp³-hybridized carbons (Fsp3) is 0.0667. The predicted octanol–water partition coefficient (Wildman–Crippen LogP) is 5.35. The zero-order valence-electron chi connectivity index (χ0n) is 9.99. The van der Waals surface area contributed by atoms with Gasteiger partial charge in [0.2, 0.25) is 0 Å². The number of para-hydroxylation sites is 2. The zero-order valence-corrected chi connectivity index (χ0v) is 11.5. The quantitative estimate of drug-likeness (QED) is 0.703. The number of anilines is 1. The van der Waals surface area contributed by atoms with Crippen LogP contribution in [-0.2, 0) is 6.54 Å². The van der Waals surface area contributed by atoms with Crippen molar-refractivity contribution in [2.45, 2.75) is 6.54 Å². The van der Waals surface area contributed by atoms with Crippen molar-refractivity contribution in [1.82, 2.24) is 0 Å². The number of benzene rings is 2. The molecule has 2 aromatic carbocycles. The molecule has 19 heavy (non-hydrogen) atoms. The minimum atomic E-state index is 0.540. The molecule has 0 radical (unpaired) electrons. The summed E-state index contributed by atoms with van der Waals surface area (Å²) in [5.41, 5.74) is 1.61. The second-order valence-electron chi connectivity index (χ2n) is 4.20. The Morgan fingerprint density at radius 3 is 2.42 bits per heavy atom. The SMILES string of the molecule is Clc1cccc(Cl)c1NCc1cc2ccccc2o1. The molecule has 0 aliphatic heterocycles. The van der Waals surface area contributed by atoms with E-state index in [2.05, 4.69) is 5.32 Å². The van der Waals surface area contributed by atoms with Gasteiger partial charge in [0.1, 0.15) is 11.3 Å². The zero-order chi connectivity index (χ0) is 13.2. The van der Waals surface area contributed by atoms with Crippen LogP contribution in [0.2, 0.25) is 10.0 Å². The first-order chi connectivity index (χ1) is 9.24. The van der Waals surface area contributed by atoms with Gasteiger partial charge < -0.3 is 9.73 Å². The van der Waals surface area contributed by atoms with E-state index in [1.54, 1.807) is 12.1 Å². The Labute approximate surface area is 120 Å². The molecule has 0 saturated heterocycles. The van der Waals surface area contributed by atoms with Crippen molar-refractivity contribution in [3.8, 4) is 0 Å². The van der Waals surface area contributed by atoms with E-state index >= 15 is 0 Å². The summed E-state index contributed by atoms with van der Waals surface area (Å²) in [6.45, 7) is 0.540. The standard InChI is InChI=1S/C15H11Cl2NO/c16-12-5-3-6-13(17)15(12)18-9-11-8-10-4-1-2-7-14(10)19-11/h1-8,18H,9H2. The molecule has 0 bridgehead atoms. The van der Waals surface area contributed by atoms with Gasteiger partial charge in [-0.15, -0.1) is 0 Å². The fourth-order valence-corrected chi connectivity index (χ4v) is 2.50. The number of furan rings is 1. The third-order valence-corrected chi connectivity index (χ3v) is 3.51. The van der Waals surface area contributed by atoms with Gasteiger partial charge in [0, 0.05) is 5.39 Å². The lowest BCUT2D eigenvalue weighted by Gasteiger charge is -2.08. The summed E-state index contributed by atoms with van der Waals surface area (Å²) in [6, 6.07) is 15.3. The van der Waals surface area contributed by atoms with Gasteiger partial charge in [0.15, 0.2) is 0 Å². The molecule has 3 aromatic rings. The van der Waals surface area contributed by atoms with Crippen LogP contribution in [0.25, 0.3) is 11.0 Å². The molecule has 96 valence electrons. The van der Waals surface area contributed by atoms with Gasteiger partial charge in [-0.1, -0.05) is 47.5 Å². The Hall–Kier alpha value is -1.64. The first-order valence-electron chi connectivity index (χ1n) is 5.89. The monoisotopic (exact) mass is 291 g/mol. The molecule has 0 unspecified atom stereocenters. The highest BCUT2D eigenvalue weighted by Crippen LogP contribution is 2.30. The topological polar surface area (TPSA) is 25.2 Å². The summed E-state index contributed by atoms with van der Waals surface area (Å²) in [5.74, 6) is 0.845. The molecule has 1 N–H and O–H groups in total. The number of hydrogen-bond acceptors (Lipinski definition) is 2. The lowest BCUT2D eigenvalue weighted by molar-refractivity contribution is 0.559. The van der Waals surface area contributed by atoms with Gasteiger partial charge in [-0.25, -0.2) is 0 Å². The van der Waals surface area contributed by atoms with Crippen LogP contribution in [0.1, 0.15) is 5.76 Å². The highest BCUT2D eigenvalue weighted by Gasteiger charge is 2.07. The Bertz CT molecular complexity index is 668. The molecule has 2 nitrogen and oxygen atoms in total. The van der Waals surface area contributed by atoms with Crippen LogP contribution in [0.4, 0.5) is 5.69 Å². The summed E-state index contributed by atoms with van der Waals surface area (Å²) in [4.78, 5) is 0. The third kappa shape index (κ3) is 2.55. The summed E-state index contributed by atoms with van der Waals surface area (Å²) in [6.07, 6.45) is 0. The van der Waals surface area contributed by atoms with Crippen LogP contribution < -0.4 is 5.32 Å². The van der Waals surface area contributed by atoms with Crippen LogP contribution in [0, 0.1) is 0 Å². The molecule has 0 aliphatic rings. The molecule has 1 heterocycles. The second-order valence-corrected chi connectivity index (χ2v) is 5.02. The van der Waals surface area contributed by atoms with Gasteiger partial charge in [-0.05, 0) is 24.3 Å². The van der Waals surface area contributed by atoms with Crippen LogP contribution in [0.3, 0.4) is 0 Å². The van der Waals surface area contributed by atoms with Crippen molar-refractivity contribution in [2.24, 2.45) is 0 Å². The summed E-state index contributed by atoms with van der Waals surface area (Å²) in [5, 5.41) is 5.49. The molecule has 4 heteroatoms. The minimum Gasteiger partial charge on any atom is -0.459 e. The number of fused-ring (bicyclic) bond motifs is 1. The average molecular weight is 292 g/mol. The predicted molar refractivity (Wildman–Crippen MR) is 80.0 cm³/mol. The summed E-state index contributed by atoms with van der Waals surface area (Å²) >= 11 is 12.2. The maximum Gasteiger partial charge on any atom is 0.134 e. The molecule has 0 aliphatic carbocycles. The van der Waals surface area contributed by atoms with Gasteiger partial charge >= 0.3 is 0 Å². The Kier molecular flexibility index (Phi) is 3.36. The molecule has 0 amide bonds. The van der Waals surface area contributed by atoms with Crippen molar-refractivity contribution in [1.29, 1.82) is 0 Å². The highest BCUT2D eigenvalue weighted by atomic mass is 35.5. The molecular weight excluding hydrogens is 281 g/mol. The number of halogens is 2. The Morgan fingerprint density at radius 2 is 1.68 bits per heavy atom. The lowest BCUT2D eigenvalue weighted by atomic mass is 10.2. The van der Waals surface area contributed by atoms with Crippen LogP contribution in [0.15, 0.2) is 52.9 Å². The molecule has 0 fully saturated rings. The second kappa shape index (κ2) is 5.16. The summed E-state index contributed by atoms with van der Waals surface area (Å²) in [7, 11) is 0. The van der Waals surface area contributed by atoms with E-state index < -0.39 is 0 Å².